The highest BCUT2D eigenvalue weighted by molar-refractivity contribution is 9.10. The Bertz CT molecular complexity index is 1270. The van der Waals surface area contributed by atoms with Crippen LogP contribution in [0.25, 0.3) is 0 Å². The highest BCUT2D eigenvalue weighted by atomic mass is 79.9. The van der Waals surface area contributed by atoms with Crippen LogP contribution in [-0.4, -0.2) is 22.7 Å². The van der Waals surface area contributed by atoms with Gasteiger partial charge in [-0.2, -0.15) is 0 Å². The van der Waals surface area contributed by atoms with E-state index in [1.807, 2.05) is 0 Å². The second-order valence-electron chi connectivity index (χ2n) is 9.18. The maximum atomic E-state index is 14.2. The maximum Gasteiger partial charge on any atom is 0.334 e. The van der Waals surface area contributed by atoms with Gasteiger partial charge in [0.25, 0.3) is 0 Å². The quantitative estimate of drug-likeness (QED) is 0.428. The van der Waals surface area contributed by atoms with E-state index in [2.05, 4.69) is 15.9 Å². The fraction of sp³-hybridized carbons (Fsp3) is 0.308. The van der Waals surface area contributed by atoms with Crippen molar-refractivity contribution in [3.05, 3.63) is 97.9 Å². The zero-order valence-corrected chi connectivity index (χ0v) is 21.5. The van der Waals surface area contributed by atoms with Crippen molar-refractivity contribution in [2.75, 3.05) is 6.61 Å². The molecule has 0 amide bonds. The fourth-order valence-electron chi connectivity index (χ4n) is 3.43. The van der Waals surface area contributed by atoms with Crippen LogP contribution in [0, 0.1) is 18.6 Å². The highest BCUT2D eigenvalue weighted by Gasteiger charge is 2.41. The van der Waals surface area contributed by atoms with Crippen LogP contribution in [-0.2, 0) is 21.6 Å². The van der Waals surface area contributed by atoms with Gasteiger partial charge in [-0.05, 0) is 61.3 Å². The van der Waals surface area contributed by atoms with E-state index in [-0.39, 0.29) is 22.3 Å². The van der Waals surface area contributed by atoms with Gasteiger partial charge in [0.2, 0.25) is 5.43 Å². The molecule has 0 aliphatic carbocycles. The summed E-state index contributed by atoms with van der Waals surface area (Å²) in [5.74, 6) is -2.25. The fourth-order valence-corrected chi connectivity index (χ4v) is 3.86. The molecule has 9 heteroatoms. The van der Waals surface area contributed by atoms with Gasteiger partial charge in [-0.1, -0.05) is 36.4 Å². The number of hydrogen-bond donors (Lipinski definition) is 1. The first-order valence-electron chi connectivity index (χ1n) is 10.9. The molecular weight excluding hydrogens is 522 g/mol. The number of nitrogens with two attached hydrogens (primary N) is 1. The predicted octanol–water partition coefficient (Wildman–Crippen LogP) is 4.82. The molecule has 2 N–H and O–H groups in total. The number of pyridine rings is 1. The molecule has 0 bridgehead atoms. The number of benzene rings is 2. The predicted molar refractivity (Wildman–Crippen MR) is 132 cm³/mol. The number of hydrogen-bond acceptors (Lipinski definition) is 5. The summed E-state index contributed by atoms with van der Waals surface area (Å²) in [5.41, 5.74) is 4.10. The van der Waals surface area contributed by atoms with Crippen LogP contribution in [0.5, 0.6) is 5.75 Å². The van der Waals surface area contributed by atoms with Gasteiger partial charge in [-0.25, -0.2) is 13.6 Å². The van der Waals surface area contributed by atoms with Gasteiger partial charge in [-0.3, -0.25) is 4.79 Å². The number of halogens is 3. The van der Waals surface area contributed by atoms with Crippen LogP contribution in [0.1, 0.15) is 37.6 Å². The minimum atomic E-state index is -1.72. The summed E-state index contributed by atoms with van der Waals surface area (Å²) in [6, 6.07) is 12.2. The summed E-state index contributed by atoms with van der Waals surface area (Å²) in [6.45, 7) is 6.14. The standard InChI is InChI=1S/C26H27BrF2N2O4/c1-16-23(22(32)19(27)14-31(16)13-18-20(28)11-8-12-21(18)29)34-15-26(30,17-9-6-5-7-10-17)24(33)35-25(2,3)4/h5-12,14H,13,15,30H2,1-4H3/t26-/m0/s1. The van der Waals surface area contributed by atoms with Crippen molar-refractivity contribution < 1.29 is 23.0 Å². The first-order valence-corrected chi connectivity index (χ1v) is 11.7. The Morgan fingerprint density at radius 3 is 2.23 bits per heavy atom. The van der Waals surface area contributed by atoms with Gasteiger partial charge < -0.3 is 19.8 Å². The summed E-state index contributed by atoms with van der Waals surface area (Å²) in [6.07, 6.45) is 1.43. The zero-order valence-electron chi connectivity index (χ0n) is 19.9. The molecule has 1 atom stereocenters. The zero-order chi connectivity index (χ0) is 26.0. The molecule has 0 aliphatic rings. The van der Waals surface area contributed by atoms with Crippen LogP contribution in [0.15, 0.2) is 64.0 Å². The monoisotopic (exact) mass is 548 g/mol. The van der Waals surface area contributed by atoms with Crippen molar-refractivity contribution in [1.82, 2.24) is 4.57 Å². The molecule has 2 aromatic carbocycles. The molecule has 0 radical (unpaired) electrons. The Balaban J connectivity index is 2.00. The molecular formula is C26H27BrF2N2O4. The molecule has 0 saturated heterocycles. The number of rotatable bonds is 7. The van der Waals surface area contributed by atoms with Crippen LogP contribution in [0.4, 0.5) is 8.78 Å². The average Bonchev–Trinajstić information content (AvgIpc) is 2.78. The Morgan fingerprint density at radius 1 is 1.06 bits per heavy atom. The van der Waals surface area contributed by atoms with E-state index in [1.54, 1.807) is 58.0 Å². The van der Waals surface area contributed by atoms with E-state index in [4.69, 9.17) is 15.2 Å². The van der Waals surface area contributed by atoms with Crippen LogP contribution in [0.2, 0.25) is 0 Å². The number of aromatic nitrogens is 1. The molecule has 1 aromatic heterocycles. The summed E-state index contributed by atoms with van der Waals surface area (Å²) in [4.78, 5) is 26.0. The van der Waals surface area contributed by atoms with Gasteiger partial charge in [0.15, 0.2) is 11.3 Å². The normalized spacial score (nSPS) is 13.3. The molecule has 0 fully saturated rings. The molecule has 1 heterocycles. The molecule has 0 aliphatic heterocycles. The summed E-state index contributed by atoms with van der Waals surface area (Å²) >= 11 is 3.19. The van der Waals surface area contributed by atoms with E-state index < -0.39 is 40.8 Å². The van der Waals surface area contributed by atoms with Crippen molar-refractivity contribution >= 4 is 21.9 Å². The Labute approximate surface area is 210 Å². The van der Waals surface area contributed by atoms with Gasteiger partial charge in [0.05, 0.1) is 16.7 Å². The van der Waals surface area contributed by atoms with E-state index in [1.165, 1.54) is 16.8 Å². The summed E-state index contributed by atoms with van der Waals surface area (Å²) < 4.78 is 41.5. The van der Waals surface area contributed by atoms with E-state index in [9.17, 15) is 18.4 Å². The van der Waals surface area contributed by atoms with E-state index >= 15 is 0 Å². The third-order valence-electron chi connectivity index (χ3n) is 5.34. The van der Waals surface area contributed by atoms with Crippen molar-refractivity contribution in [2.45, 2.75) is 45.4 Å². The molecule has 6 nitrogen and oxygen atoms in total. The number of carbonyl (C=O) groups is 1. The minimum absolute atomic E-state index is 0.106. The minimum Gasteiger partial charge on any atom is -0.485 e. The maximum absolute atomic E-state index is 14.2. The Morgan fingerprint density at radius 2 is 1.66 bits per heavy atom. The first-order chi connectivity index (χ1) is 16.3. The lowest BCUT2D eigenvalue weighted by atomic mass is 9.91. The smallest absolute Gasteiger partial charge is 0.334 e. The Kier molecular flexibility index (Phi) is 7.81. The number of esters is 1. The van der Waals surface area contributed by atoms with Gasteiger partial charge >= 0.3 is 5.97 Å². The topological polar surface area (TPSA) is 83.6 Å². The molecule has 0 saturated carbocycles. The highest BCUT2D eigenvalue weighted by Crippen LogP contribution is 2.26. The van der Waals surface area contributed by atoms with Crippen LogP contribution >= 0.6 is 15.9 Å². The lowest BCUT2D eigenvalue weighted by Crippen LogP contribution is -2.52. The molecule has 0 unspecified atom stereocenters. The second kappa shape index (κ2) is 10.3. The summed E-state index contributed by atoms with van der Waals surface area (Å²) in [5, 5.41) is 0. The lowest BCUT2D eigenvalue weighted by Gasteiger charge is -2.31. The lowest BCUT2D eigenvalue weighted by molar-refractivity contribution is -0.163. The van der Waals surface area contributed by atoms with Crippen molar-refractivity contribution in [2.24, 2.45) is 5.73 Å². The molecule has 0 spiro atoms. The third-order valence-corrected chi connectivity index (χ3v) is 5.90. The SMILES string of the molecule is Cc1c(OC[C@@](N)(C(=O)OC(C)(C)C)c2ccccc2)c(=O)c(Br)cn1Cc1c(F)cccc1F. The van der Waals surface area contributed by atoms with Crippen molar-refractivity contribution in [1.29, 1.82) is 0 Å². The summed E-state index contributed by atoms with van der Waals surface area (Å²) in [7, 11) is 0. The van der Waals surface area contributed by atoms with Crippen molar-refractivity contribution in [3.63, 3.8) is 0 Å². The largest absolute Gasteiger partial charge is 0.485 e. The number of ether oxygens (including phenoxy) is 2. The molecule has 3 aromatic rings. The second-order valence-corrected chi connectivity index (χ2v) is 10.0. The molecule has 3 rings (SSSR count). The van der Waals surface area contributed by atoms with Gasteiger partial charge in [0, 0.05) is 11.8 Å². The molecule has 186 valence electrons. The van der Waals surface area contributed by atoms with E-state index in [0.717, 1.165) is 12.1 Å². The first kappa shape index (κ1) is 26.6. The third kappa shape index (κ3) is 5.97. The van der Waals surface area contributed by atoms with E-state index in [0.29, 0.717) is 11.3 Å². The Hall–Kier alpha value is -3.04. The van der Waals surface area contributed by atoms with Gasteiger partial charge in [0.1, 0.15) is 23.8 Å². The van der Waals surface area contributed by atoms with Crippen molar-refractivity contribution in [3.8, 4) is 5.75 Å². The van der Waals surface area contributed by atoms with Crippen LogP contribution < -0.4 is 15.9 Å². The number of nitrogens with zero attached hydrogens (tertiary/aromatic N) is 1. The molecule has 35 heavy (non-hydrogen) atoms. The van der Waals surface area contributed by atoms with Crippen LogP contribution in [0.3, 0.4) is 0 Å². The number of carbonyl (C=O) groups excluding carboxylic acids is 1. The average molecular weight is 549 g/mol. The van der Waals surface area contributed by atoms with Gasteiger partial charge in [-0.15, -0.1) is 0 Å².